The summed E-state index contributed by atoms with van der Waals surface area (Å²) in [5, 5.41) is 21.1. The largest absolute Gasteiger partial charge is 0.350 e. The Kier molecular flexibility index (Phi) is 21.8. The molecule has 12 N–H and O–H groups in total. The smallest absolute Gasteiger partial charge is 0.246 e. The maximum Gasteiger partial charge on any atom is 0.246 e. The molecule has 0 spiro atoms. The summed E-state index contributed by atoms with van der Waals surface area (Å²) in [5.41, 5.74) is 27.4. The van der Waals surface area contributed by atoms with Crippen molar-refractivity contribution in [2.24, 2.45) is 38.3 Å². The number of hydrogen-bond donors (Lipinski definition) is 9. The number of aromatic nitrogens is 3. The number of nitrogens with zero attached hydrogens (tertiary/aromatic N) is 3. The van der Waals surface area contributed by atoms with E-state index in [4.69, 9.17) is 17.2 Å². The van der Waals surface area contributed by atoms with Crippen molar-refractivity contribution >= 4 is 85.2 Å². The predicted octanol–water partition coefficient (Wildman–Crippen LogP) is 8.73. The molecule has 458 valence electrons. The molecule has 9 rings (SSSR count). The standard InChI is InChI=1S/C70H82N12O6/c1-80-43-49(55-16-4-7-22-61(55)80)40-64(83)77-58(19-10-13-37-71)68(86)74-52-31-25-46(26-32-52)67(47-27-33-53(34-28-47)75-69(87)59(20-11-14-38-72)78-65(84)41-50-44-81(2)62-23-8-5-17-56(50)62)48-29-35-54(36-30-48)76-70(88)60(21-12-15-39-73)79-66(85)42-51-45-82(3)63-24-9-6-18-57(51)63/h4-9,16-18,22-36,43-45,58-60,67H,10-15,19-21,37-42,71-73H2,1-3H3,(H,74,86)(H,75,87)(H,76,88)(H,77,83)(H,78,84)(H,79,85)/t58-,59-,60-/m0/s1. The van der Waals surface area contributed by atoms with Gasteiger partial charge in [-0.15, -0.1) is 0 Å². The van der Waals surface area contributed by atoms with Gasteiger partial charge >= 0.3 is 0 Å². The highest BCUT2D eigenvalue weighted by atomic mass is 16.2. The van der Waals surface area contributed by atoms with E-state index in [0.717, 1.165) is 66.1 Å². The Morgan fingerprint density at radius 2 is 0.625 bits per heavy atom. The van der Waals surface area contributed by atoms with Crippen LogP contribution in [0.2, 0.25) is 0 Å². The molecule has 9 aromatic rings. The Morgan fingerprint density at radius 3 is 0.886 bits per heavy atom. The third-order valence-corrected chi connectivity index (χ3v) is 16.3. The fourth-order valence-corrected chi connectivity index (χ4v) is 11.8. The Bertz CT molecular complexity index is 3470. The third-order valence-electron chi connectivity index (χ3n) is 16.3. The van der Waals surface area contributed by atoms with Crippen LogP contribution in [0.3, 0.4) is 0 Å². The number of hydrogen-bond acceptors (Lipinski definition) is 9. The van der Waals surface area contributed by atoms with Crippen LogP contribution in [-0.2, 0) is 69.2 Å². The zero-order valence-electron chi connectivity index (χ0n) is 50.5. The summed E-state index contributed by atoms with van der Waals surface area (Å²) in [6.45, 7) is 1.38. The lowest BCUT2D eigenvalue weighted by molar-refractivity contribution is -0.126. The molecule has 0 fully saturated rings. The van der Waals surface area contributed by atoms with E-state index in [1.165, 1.54) is 0 Å². The third kappa shape index (κ3) is 16.2. The van der Waals surface area contributed by atoms with Crippen molar-refractivity contribution < 1.29 is 28.8 Å². The van der Waals surface area contributed by atoms with Crippen LogP contribution in [0.4, 0.5) is 17.1 Å². The Hall–Kier alpha value is -9.36. The van der Waals surface area contributed by atoms with Gasteiger partial charge in [0.2, 0.25) is 35.4 Å². The average Bonchev–Trinajstić information content (AvgIpc) is 2.87. The molecule has 0 radical (unpaired) electrons. The number of aryl methyl sites for hydroxylation is 3. The van der Waals surface area contributed by atoms with Crippen molar-refractivity contribution in [2.45, 2.75) is 101 Å². The Morgan fingerprint density at radius 1 is 0.364 bits per heavy atom. The molecule has 88 heavy (non-hydrogen) atoms. The number of carbonyl (C=O) groups is 6. The fraction of sp³-hybridized carbons (Fsp3) is 0.314. The highest BCUT2D eigenvalue weighted by Gasteiger charge is 2.26. The first kappa shape index (κ1) is 63.2. The van der Waals surface area contributed by atoms with Crippen molar-refractivity contribution in [3.8, 4) is 0 Å². The van der Waals surface area contributed by atoms with Gasteiger partial charge < -0.3 is 62.8 Å². The van der Waals surface area contributed by atoms with E-state index in [1.54, 1.807) is 0 Å². The van der Waals surface area contributed by atoms with Crippen LogP contribution < -0.4 is 49.1 Å². The van der Waals surface area contributed by atoms with E-state index in [2.05, 4.69) is 31.9 Å². The van der Waals surface area contributed by atoms with E-state index in [0.29, 0.717) is 94.5 Å². The minimum atomic E-state index is -0.806. The highest BCUT2D eigenvalue weighted by Crippen LogP contribution is 2.35. The van der Waals surface area contributed by atoms with E-state index in [-0.39, 0.29) is 60.6 Å². The zero-order valence-corrected chi connectivity index (χ0v) is 50.5. The minimum Gasteiger partial charge on any atom is -0.350 e. The molecule has 0 aliphatic rings. The quantitative estimate of drug-likeness (QED) is 0.0154. The second-order valence-corrected chi connectivity index (χ2v) is 22.9. The Balaban J connectivity index is 0.932. The Labute approximate surface area is 514 Å². The zero-order chi connectivity index (χ0) is 62.1. The number of rotatable bonds is 30. The first-order chi connectivity index (χ1) is 42.7. The van der Waals surface area contributed by atoms with Crippen LogP contribution in [0, 0.1) is 0 Å². The molecule has 0 aliphatic carbocycles. The normalized spacial score (nSPS) is 12.4. The molecular weight excluding hydrogens is 1100 g/mol. The summed E-state index contributed by atoms with van der Waals surface area (Å²) in [7, 11) is 5.83. The van der Waals surface area contributed by atoms with Gasteiger partial charge in [-0.05, 0) is 165 Å². The molecule has 3 heterocycles. The van der Waals surface area contributed by atoms with Gasteiger partial charge in [-0.3, -0.25) is 28.8 Å². The predicted molar refractivity (Wildman–Crippen MR) is 351 cm³/mol. The maximum absolute atomic E-state index is 14.1. The molecule has 6 aromatic carbocycles. The van der Waals surface area contributed by atoms with Crippen LogP contribution in [0.1, 0.15) is 97.1 Å². The lowest BCUT2D eigenvalue weighted by Crippen LogP contribution is -2.44. The number of nitrogens with two attached hydrogens (primary N) is 3. The van der Waals surface area contributed by atoms with Crippen LogP contribution >= 0.6 is 0 Å². The maximum atomic E-state index is 14.1. The number of nitrogens with one attached hydrogen (secondary N) is 6. The molecule has 0 aliphatic heterocycles. The summed E-state index contributed by atoms with van der Waals surface area (Å²) in [5.74, 6) is -2.21. The van der Waals surface area contributed by atoms with Gasteiger partial charge in [0.25, 0.3) is 0 Å². The van der Waals surface area contributed by atoms with Gasteiger partial charge in [-0.1, -0.05) is 91.0 Å². The highest BCUT2D eigenvalue weighted by molar-refractivity contribution is 6.00. The molecule has 3 atom stereocenters. The van der Waals surface area contributed by atoms with Crippen LogP contribution in [0.5, 0.6) is 0 Å². The molecule has 0 saturated heterocycles. The topological polar surface area (TPSA) is 267 Å². The monoisotopic (exact) mass is 1190 g/mol. The second-order valence-electron chi connectivity index (χ2n) is 22.9. The molecule has 18 nitrogen and oxygen atoms in total. The minimum absolute atomic E-state index is 0.112. The summed E-state index contributed by atoms with van der Waals surface area (Å²) in [4.78, 5) is 83.0. The number of amides is 6. The van der Waals surface area contributed by atoms with Crippen molar-refractivity contribution in [2.75, 3.05) is 35.6 Å². The van der Waals surface area contributed by atoms with Crippen LogP contribution in [0.15, 0.2) is 164 Å². The van der Waals surface area contributed by atoms with E-state index < -0.39 is 18.1 Å². The molecular formula is C70H82N12O6. The van der Waals surface area contributed by atoms with Gasteiger partial charge in [-0.2, -0.15) is 0 Å². The molecule has 6 amide bonds. The fourth-order valence-electron chi connectivity index (χ4n) is 11.8. The summed E-state index contributed by atoms with van der Waals surface area (Å²) in [6, 6.07) is 43.9. The van der Waals surface area contributed by atoms with E-state index in [9.17, 15) is 28.8 Å². The van der Waals surface area contributed by atoms with Gasteiger partial charge in [0.1, 0.15) is 18.1 Å². The van der Waals surface area contributed by atoms with Crippen molar-refractivity contribution in [1.29, 1.82) is 0 Å². The van der Waals surface area contributed by atoms with Crippen molar-refractivity contribution in [3.63, 3.8) is 0 Å². The van der Waals surface area contributed by atoms with Gasteiger partial charge in [0, 0.05) is 95.4 Å². The van der Waals surface area contributed by atoms with Gasteiger partial charge in [0.05, 0.1) is 19.3 Å². The summed E-state index contributed by atoms with van der Waals surface area (Å²) >= 11 is 0. The molecule has 0 bridgehead atoms. The number of benzene rings is 6. The second kappa shape index (κ2) is 30.3. The molecule has 0 saturated carbocycles. The lowest BCUT2D eigenvalue weighted by Gasteiger charge is -2.22. The summed E-state index contributed by atoms with van der Waals surface area (Å²) < 4.78 is 5.97. The number of unbranched alkanes of at least 4 members (excludes halogenated alkanes) is 3. The molecule has 3 aromatic heterocycles. The number of carbonyl (C=O) groups excluding carboxylic acids is 6. The van der Waals surface area contributed by atoms with E-state index in [1.807, 2.05) is 199 Å². The van der Waals surface area contributed by atoms with Crippen LogP contribution in [0.25, 0.3) is 32.7 Å². The van der Waals surface area contributed by atoms with Crippen LogP contribution in [-0.4, -0.2) is 86.9 Å². The lowest BCUT2D eigenvalue weighted by atomic mass is 9.85. The summed E-state index contributed by atoms with van der Waals surface area (Å²) in [6.07, 6.45) is 11.4. The molecule has 0 unspecified atom stereocenters. The first-order valence-electron chi connectivity index (χ1n) is 30.5. The SMILES string of the molecule is Cn1cc(CC(=O)N[C@@H](CCCCN)C(=O)Nc2ccc(C(c3ccc(NC(=O)[C@H](CCCCN)NC(=O)Cc4cn(C)c5ccccc45)cc3)c3ccc(NC(=O)[C@H](CCCCN)NC(=O)Cc4cn(C)c5ccccc45)cc3)cc2)c2ccccc21. The first-order valence-corrected chi connectivity index (χ1v) is 30.5. The van der Waals surface area contributed by atoms with Gasteiger partial charge in [-0.25, -0.2) is 0 Å². The molecule has 18 heteroatoms. The van der Waals surface area contributed by atoms with E-state index >= 15 is 0 Å². The number of anilines is 3. The number of fused-ring (bicyclic) bond motifs is 3. The van der Waals surface area contributed by atoms with Gasteiger partial charge in [0.15, 0.2) is 0 Å². The number of para-hydroxylation sites is 3. The average molecular weight is 1190 g/mol. The van der Waals surface area contributed by atoms with Crippen molar-refractivity contribution in [1.82, 2.24) is 29.7 Å². The van der Waals surface area contributed by atoms with Crippen molar-refractivity contribution in [3.05, 3.63) is 198 Å².